The molecule has 3 heterocycles. The molecular weight excluding hydrogens is 402 g/mol. The number of rotatable bonds is 3. The summed E-state index contributed by atoms with van der Waals surface area (Å²) in [6, 6.07) is 10.9. The normalized spacial score (nSPS) is 24.6. The molecule has 9 heteroatoms. The van der Waals surface area contributed by atoms with E-state index < -0.39 is 23.1 Å². The van der Waals surface area contributed by atoms with Crippen LogP contribution < -0.4 is 10.0 Å². The number of nitrogens with zero attached hydrogens (tertiary/aromatic N) is 2. The maximum absolute atomic E-state index is 12.8. The number of pyridine rings is 1. The highest BCUT2D eigenvalue weighted by atomic mass is 16.6. The van der Waals surface area contributed by atoms with Crippen LogP contribution in [0.5, 0.6) is 0 Å². The molecule has 0 radical (unpaired) electrons. The first-order valence-electron chi connectivity index (χ1n) is 9.90. The van der Waals surface area contributed by atoms with Crippen molar-refractivity contribution in [2.24, 2.45) is 0 Å². The van der Waals surface area contributed by atoms with Gasteiger partial charge in [0.2, 0.25) is 0 Å². The van der Waals surface area contributed by atoms with Crippen LogP contribution in [0.1, 0.15) is 41.6 Å². The van der Waals surface area contributed by atoms with Crippen molar-refractivity contribution in [3.05, 3.63) is 71.4 Å². The predicted octanol–water partition coefficient (Wildman–Crippen LogP) is 2.28. The van der Waals surface area contributed by atoms with Crippen molar-refractivity contribution in [2.75, 3.05) is 5.32 Å². The number of benzene rings is 1. The Labute approximate surface area is 176 Å². The van der Waals surface area contributed by atoms with Gasteiger partial charge >= 0.3 is 12.0 Å². The quantitative estimate of drug-likeness (QED) is 0.377. The van der Waals surface area contributed by atoms with Gasteiger partial charge in [-0.2, -0.15) is 9.71 Å². The zero-order valence-electron chi connectivity index (χ0n) is 16.4. The molecule has 2 aromatic heterocycles. The molecule has 3 aromatic rings. The van der Waals surface area contributed by atoms with Gasteiger partial charge in [-0.25, -0.2) is 4.79 Å². The van der Waals surface area contributed by atoms with E-state index in [1.807, 2.05) is 30.3 Å². The molecule has 1 saturated carbocycles. The molecule has 1 fully saturated rings. The van der Waals surface area contributed by atoms with Crippen molar-refractivity contribution >= 4 is 17.9 Å². The van der Waals surface area contributed by atoms with E-state index in [9.17, 15) is 19.9 Å². The van der Waals surface area contributed by atoms with Gasteiger partial charge in [0.1, 0.15) is 28.7 Å². The van der Waals surface area contributed by atoms with E-state index in [4.69, 9.17) is 9.15 Å². The Hall–Kier alpha value is -3.72. The van der Waals surface area contributed by atoms with Gasteiger partial charge in [0, 0.05) is 17.2 Å². The van der Waals surface area contributed by atoms with Gasteiger partial charge in [-0.1, -0.05) is 30.3 Å². The minimum atomic E-state index is -1.66. The monoisotopic (exact) mass is 421 g/mol. The zero-order valence-corrected chi connectivity index (χ0v) is 16.4. The van der Waals surface area contributed by atoms with E-state index in [0.717, 1.165) is 5.56 Å². The van der Waals surface area contributed by atoms with E-state index in [1.54, 1.807) is 6.07 Å². The smallest absolute Gasteiger partial charge is 0.345 e. The summed E-state index contributed by atoms with van der Waals surface area (Å²) >= 11 is 0. The first-order chi connectivity index (χ1) is 14.9. The highest BCUT2D eigenvalue weighted by Gasteiger charge is 2.53. The molecule has 1 amide bonds. The van der Waals surface area contributed by atoms with Crippen LogP contribution in [0.15, 0.2) is 59.5 Å². The number of hydrogen-bond donors (Lipinski definition) is 2. The molecule has 0 atom stereocenters. The average molecular weight is 421 g/mol. The van der Waals surface area contributed by atoms with Crippen molar-refractivity contribution in [3.63, 3.8) is 0 Å². The van der Waals surface area contributed by atoms with Gasteiger partial charge in [0.25, 0.3) is 5.91 Å². The molecule has 31 heavy (non-hydrogen) atoms. The van der Waals surface area contributed by atoms with Gasteiger partial charge in [-0.05, 0) is 25.7 Å². The first-order valence-corrected chi connectivity index (χ1v) is 9.90. The number of oxazole rings is 1. The Morgan fingerprint density at radius 2 is 1.90 bits per heavy atom. The van der Waals surface area contributed by atoms with Crippen LogP contribution in [0.3, 0.4) is 0 Å². The number of esters is 1. The molecule has 1 aliphatic heterocycles. The molecule has 2 aliphatic rings. The topological polar surface area (TPSA) is 129 Å². The number of ether oxygens (including phenoxy) is 1. The molecule has 158 valence electrons. The number of hydrogen-bond acceptors (Lipinski definition) is 7. The van der Waals surface area contributed by atoms with Crippen LogP contribution in [0.2, 0.25) is 0 Å². The Balaban J connectivity index is 1.30. The number of amides is 1. The van der Waals surface area contributed by atoms with Gasteiger partial charge in [-0.15, -0.1) is 0 Å². The summed E-state index contributed by atoms with van der Waals surface area (Å²) in [5.74, 6) is -1.19. The Kier molecular flexibility index (Phi) is 4.30. The molecule has 0 unspecified atom stereocenters. The van der Waals surface area contributed by atoms with Gasteiger partial charge in [0.05, 0.1) is 0 Å². The maximum atomic E-state index is 12.8. The molecule has 5 rings (SSSR count). The van der Waals surface area contributed by atoms with Gasteiger partial charge < -0.3 is 19.5 Å². The molecule has 1 spiro atoms. The van der Waals surface area contributed by atoms with Crippen LogP contribution in [-0.4, -0.2) is 27.6 Å². The summed E-state index contributed by atoms with van der Waals surface area (Å²) in [5, 5.41) is 25.0. The number of aromatic nitrogens is 2. The molecular formula is C22H19N3O6. The third kappa shape index (κ3) is 3.23. The van der Waals surface area contributed by atoms with Gasteiger partial charge in [0.15, 0.2) is 12.4 Å². The van der Waals surface area contributed by atoms with Crippen molar-refractivity contribution < 1.29 is 28.6 Å². The lowest BCUT2D eigenvalue weighted by Crippen LogP contribution is -2.49. The summed E-state index contributed by atoms with van der Waals surface area (Å²) in [6.45, 7) is 0. The van der Waals surface area contributed by atoms with E-state index in [0.29, 0.717) is 16.0 Å². The van der Waals surface area contributed by atoms with Crippen molar-refractivity contribution in [1.29, 1.82) is 0 Å². The fourth-order valence-corrected chi connectivity index (χ4v) is 4.28. The van der Waals surface area contributed by atoms with Gasteiger partial charge in [-0.3, -0.25) is 10.1 Å². The summed E-state index contributed by atoms with van der Waals surface area (Å²) in [5.41, 5.74) is -0.347. The number of fused-ring (bicyclic) bond motifs is 2. The van der Waals surface area contributed by atoms with E-state index >= 15 is 0 Å². The third-order valence-electron chi connectivity index (χ3n) is 6.04. The van der Waals surface area contributed by atoms with Crippen LogP contribution in [-0.2, 0) is 15.1 Å². The number of aliphatic hydroxyl groups is 1. The minimum absolute atomic E-state index is 0.00444. The lowest BCUT2D eigenvalue weighted by atomic mass is 9.72. The third-order valence-corrected chi connectivity index (χ3v) is 6.04. The molecule has 9 nitrogen and oxygen atoms in total. The van der Waals surface area contributed by atoms with Crippen LogP contribution in [0.25, 0.3) is 11.3 Å². The van der Waals surface area contributed by atoms with Crippen molar-refractivity contribution in [3.8, 4) is 11.3 Å². The number of carbonyl (C=O) groups excluding carboxylic acids is 2. The summed E-state index contributed by atoms with van der Waals surface area (Å²) in [7, 11) is 0. The lowest BCUT2D eigenvalue weighted by Gasteiger charge is -2.39. The summed E-state index contributed by atoms with van der Waals surface area (Å²) < 4.78 is 11.5. The first kappa shape index (κ1) is 19.3. The summed E-state index contributed by atoms with van der Waals surface area (Å²) in [6.07, 6.45) is 4.57. The predicted molar refractivity (Wildman–Crippen MR) is 106 cm³/mol. The second-order valence-corrected chi connectivity index (χ2v) is 7.91. The lowest BCUT2D eigenvalue weighted by molar-refractivity contribution is -0.605. The number of carbonyl (C=O) groups is 2. The highest BCUT2D eigenvalue weighted by Crippen LogP contribution is 2.49. The molecule has 1 aromatic carbocycles. The molecule has 2 N–H and O–H groups in total. The molecule has 1 aliphatic carbocycles. The van der Waals surface area contributed by atoms with Crippen LogP contribution in [0.4, 0.5) is 6.01 Å². The van der Waals surface area contributed by atoms with E-state index in [2.05, 4.69) is 10.3 Å². The Morgan fingerprint density at radius 1 is 1.16 bits per heavy atom. The SMILES string of the molecule is O=C1OC2(CCC(O)(C(=O)Nc3nc(-c4ccccc4)co3)CC2)c2cc[n+]([O-])cc21. The second kappa shape index (κ2) is 6.92. The fraction of sp³-hybridized carbons (Fsp3) is 0.273. The van der Waals surface area contributed by atoms with Crippen LogP contribution >= 0.6 is 0 Å². The largest absolute Gasteiger partial charge is 0.619 e. The van der Waals surface area contributed by atoms with E-state index in [1.165, 1.54) is 18.7 Å². The van der Waals surface area contributed by atoms with Crippen molar-refractivity contribution in [2.45, 2.75) is 36.9 Å². The van der Waals surface area contributed by atoms with Crippen LogP contribution in [0, 0.1) is 5.21 Å². The Bertz CT molecular complexity index is 1160. The fourth-order valence-electron chi connectivity index (χ4n) is 4.28. The standard InChI is InChI=1S/C22H19N3O6/c26-18-15-12-25(29)11-6-16(15)22(31-18)9-7-21(28,8-10-22)19(27)24-20-23-17(13-30-20)14-4-2-1-3-5-14/h1-6,11-13,28H,7-10H2,(H,23,24,27). The maximum Gasteiger partial charge on any atom is 0.345 e. The minimum Gasteiger partial charge on any atom is -0.619 e. The highest BCUT2D eigenvalue weighted by molar-refractivity contribution is 5.96. The Morgan fingerprint density at radius 3 is 2.65 bits per heavy atom. The zero-order chi connectivity index (χ0) is 21.6. The second-order valence-electron chi connectivity index (χ2n) is 7.91. The number of nitrogens with one attached hydrogen (secondary N) is 1. The van der Waals surface area contributed by atoms with E-state index in [-0.39, 0.29) is 37.3 Å². The van der Waals surface area contributed by atoms with Crippen molar-refractivity contribution in [1.82, 2.24) is 4.98 Å². The number of anilines is 1. The summed E-state index contributed by atoms with van der Waals surface area (Å²) in [4.78, 5) is 29.2. The molecule has 0 saturated heterocycles. The average Bonchev–Trinajstić information content (AvgIpc) is 3.34. The molecule has 0 bridgehead atoms.